The van der Waals surface area contributed by atoms with Crippen molar-refractivity contribution >= 4 is 30.7 Å². The predicted octanol–water partition coefficient (Wildman–Crippen LogP) is 3.13. The van der Waals surface area contributed by atoms with Crippen LogP contribution in [0.5, 0.6) is 0 Å². The van der Waals surface area contributed by atoms with Gasteiger partial charge in [-0.15, -0.1) is 24.8 Å². The Morgan fingerprint density at radius 1 is 1.11 bits per heavy atom. The van der Waals surface area contributed by atoms with Crippen LogP contribution in [0.4, 0.5) is 0 Å². The van der Waals surface area contributed by atoms with Crippen molar-refractivity contribution in [3.05, 3.63) is 35.4 Å². The molecule has 2 aliphatic rings. The summed E-state index contributed by atoms with van der Waals surface area (Å²) in [4.78, 5) is 14.9. The van der Waals surface area contributed by atoms with Crippen molar-refractivity contribution in [2.24, 2.45) is 17.6 Å². The fourth-order valence-corrected chi connectivity index (χ4v) is 4.26. The zero-order valence-electron chi connectivity index (χ0n) is 17.0. The number of hydrogen-bond donors (Lipinski definition) is 2. The summed E-state index contributed by atoms with van der Waals surface area (Å²) in [5, 5.41) is 2.99. The molecule has 7 heteroatoms. The lowest BCUT2D eigenvalue weighted by Gasteiger charge is -2.35. The Bertz CT molecular complexity index is 596. The second kappa shape index (κ2) is 11.4. The maximum absolute atomic E-state index is 12.4. The zero-order chi connectivity index (χ0) is 18.6. The topological polar surface area (TPSA) is 67.6 Å². The van der Waals surface area contributed by atoms with Crippen LogP contribution >= 0.6 is 24.8 Å². The van der Waals surface area contributed by atoms with Gasteiger partial charge in [0.15, 0.2) is 0 Å². The molecule has 2 atom stereocenters. The van der Waals surface area contributed by atoms with E-state index in [-0.39, 0.29) is 30.7 Å². The second-order valence-corrected chi connectivity index (χ2v) is 8.41. The molecule has 2 saturated heterocycles. The van der Waals surface area contributed by atoms with Gasteiger partial charge in [0.1, 0.15) is 0 Å². The Kier molecular flexibility index (Phi) is 10.2. The van der Waals surface area contributed by atoms with Crippen LogP contribution in [0.1, 0.15) is 44.2 Å². The van der Waals surface area contributed by atoms with Gasteiger partial charge in [0.05, 0.1) is 5.54 Å². The van der Waals surface area contributed by atoms with E-state index < -0.39 is 5.54 Å². The number of carbonyl (C=O) groups excluding carboxylic acids is 1. The summed E-state index contributed by atoms with van der Waals surface area (Å²) in [5.74, 6) is 1.49. The molecule has 2 unspecified atom stereocenters. The Labute approximate surface area is 181 Å². The molecule has 2 aliphatic heterocycles. The van der Waals surface area contributed by atoms with Crippen molar-refractivity contribution in [2.75, 3.05) is 26.3 Å². The summed E-state index contributed by atoms with van der Waals surface area (Å²) in [6.07, 6.45) is 2.51. The minimum atomic E-state index is -0.778. The Morgan fingerprint density at radius 2 is 1.64 bits per heavy atom. The molecule has 0 aliphatic carbocycles. The molecule has 3 N–H and O–H groups in total. The molecule has 2 heterocycles. The predicted molar refractivity (Wildman–Crippen MR) is 118 cm³/mol. The van der Waals surface area contributed by atoms with Crippen LogP contribution in [0.3, 0.4) is 0 Å². The van der Waals surface area contributed by atoms with E-state index in [0.717, 1.165) is 23.9 Å². The van der Waals surface area contributed by atoms with E-state index in [4.69, 9.17) is 10.5 Å². The van der Waals surface area contributed by atoms with Crippen LogP contribution < -0.4 is 11.1 Å². The molecule has 1 amide bonds. The number of nitrogens with one attached hydrogen (secondary N) is 1. The highest BCUT2D eigenvalue weighted by atomic mass is 35.5. The number of benzene rings is 1. The summed E-state index contributed by atoms with van der Waals surface area (Å²) in [6, 6.07) is 8.58. The highest BCUT2D eigenvalue weighted by Crippen LogP contribution is 2.22. The number of amides is 1. The van der Waals surface area contributed by atoms with Crippen molar-refractivity contribution < 1.29 is 9.53 Å². The lowest BCUT2D eigenvalue weighted by atomic mass is 9.90. The van der Waals surface area contributed by atoms with Gasteiger partial charge in [0.2, 0.25) is 5.91 Å². The Hall–Kier alpha value is -0.850. The normalized spacial score (nSPS) is 24.5. The lowest BCUT2D eigenvalue weighted by molar-refractivity contribution is -0.129. The summed E-state index contributed by atoms with van der Waals surface area (Å²) in [5.41, 5.74) is 7.89. The number of likely N-dealkylation sites (tertiary alicyclic amines) is 1. The Balaban J connectivity index is 0.00000196. The average molecular weight is 432 g/mol. The lowest BCUT2D eigenvalue weighted by Crippen LogP contribution is -2.56. The summed E-state index contributed by atoms with van der Waals surface area (Å²) in [6.45, 7) is 9.71. The molecule has 0 saturated carbocycles. The van der Waals surface area contributed by atoms with E-state index in [0.29, 0.717) is 32.6 Å². The number of rotatable bonds is 5. The number of nitrogens with zero attached hydrogens (tertiary/aromatic N) is 1. The molecule has 0 aromatic heterocycles. The molecular formula is C21H35Cl2N3O2. The third-order valence-electron chi connectivity index (χ3n) is 5.66. The van der Waals surface area contributed by atoms with Crippen LogP contribution in [0.2, 0.25) is 0 Å². The Morgan fingerprint density at radius 3 is 2.21 bits per heavy atom. The van der Waals surface area contributed by atoms with Gasteiger partial charge >= 0.3 is 0 Å². The molecule has 1 aromatic rings. The number of ether oxygens (including phenoxy) is 1. The van der Waals surface area contributed by atoms with Crippen molar-refractivity contribution in [1.82, 2.24) is 10.2 Å². The van der Waals surface area contributed by atoms with Gasteiger partial charge < -0.3 is 15.8 Å². The SMILES string of the molecule is CC1CC(C)CN(Cc2ccc(CNC(=O)C3(N)CCOCC3)cc2)C1.Cl.Cl. The number of piperidine rings is 1. The third-order valence-corrected chi connectivity index (χ3v) is 5.66. The van der Waals surface area contributed by atoms with Crippen LogP contribution in [-0.2, 0) is 22.6 Å². The minimum absolute atomic E-state index is 0. The quantitative estimate of drug-likeness (QED) is 0.750. The standard InChI is InChI=1S/C21H33N3O2.2ClH/c1-16-11-17(2)14-24(13-16)15-19-5-3-18(4-6-19)12-23-20(25)21(22)7-9-26-10-8-21;;/h3-6,16-17H,7-15,22H2,1-2H3,(H,23,25);2*1H. The van der Waals surface area contributed by atoms with Crippen molar-refractivity contribution in [2.45, 2.75) is 51.7 Å². The molecule has 28 heavy (non-hydrogen) atoms. The molecular weight excluding hydrogens is 397 g/mol. The van der Waals surface area contributed by atoms with E-state index >= 15 is 0 Å². The number of nitrogens with two attached hydrogens (primary N) is 1. The first-order valence-electron chi connectivity index (χ1n) is 9.90. The van der Waals surface area contributed by atoms with Gasteiger partial charge in [0.25, 0.3) is 0 Å². The number of halogens is 2. The van der Waals surface area contributed by atoms with E-state index in [2.05, 4.69) is 48.3 Å². The number of hydrogen-bond acceptors (Lipinski definition) is 4. The van der Waals surface area contributed by atoms with Crippen molar-refractivity contribution in [3.8, 4) is 0 Å². The van der Waals surface area contributed by atoms with Crippen LogP contribution in [0.15, 0.2) is 24.3 Å². The molecule has 160 valence electrons. The molecule has 5 nitrogen and oxygen atoms in total. The van der Waals surface area contributed by atoms with Gasteiger partial charge in [0, 0.05) is 39.4 Å². The molecule has 0 radical (unpaired) electrons. The first-order valence-corrected chi connectivity index (χ1v) is 9.90. The second-order valence-electron chi connectivity index (χ2n) is 8.41. The average Bonchev–Trinajstić information content (AvgIpc) is 2.60. The first kappa shape index (κ1) is 25.2. The molecule has 0 bridgehead atoms. The zero-order valence-corrected chi connectivity index (χ0v) is 18.6. The van der Waals surface area contributed by atoms with Crippen LogP contribution in [-0.4, -0.2) is 42.6 Å². The fourth-order valence-electron chi connectivity index (χ4n) is 4.26. The van der Waals surface area contributed by atoms with E-state index in [1.807, 2.05) is 0 Å². The molecule has 1 aromatic carbocycles. The van der Waals surface area contributed by atoms with Crippen molar-refractivity contribution in [1.29, 1.82) is 0 Å². The van der Waals surface area contributed by atoms with Gasteiger partial charge in [-0.05, 0) is 42.2 Å². The number of carbonyl (C=O) groups is 1. The van der Waals surface area contributed by atoms with E-state index in [1.54, 1.807) is 0 Å². The third kappa shape index (κ3) is 6.89. The summed E-state index contributed by atoms with van der Waals surface area (Å²) >= 11 is 0. The van der Waals surface area contributed by atoms with Gasteiger partial charge in [-0.25, -0.2) is 0 Å². The van der Waals surface area contributed by atoms with Crippen molar-refractivity contribution in [3.63, 3.8) is 0 Å². The molecule has 3 rings (SSSR count). The maximum atomic E-state index is 12.4. The molecule has 0 spiro atoms. The van der Waals surface area contributed by atoms with Gasteiger partial charge in [-0.3, -0.25) is 9.69 Å². The van der Waals surface area contributed by atoms with Crippen LogP contribution in [0.25, 0.3) is 0 Å². The molecule has 2 fully saturated rings. The summed E-state index contributed by atoms with van der Waals surface area (Å²) in [7, 11) is 0. The summed E-state index contributed by atoms with van der Waals surface area (Å²) < 4.78 is 5.30. The van der Waals surface area contributed by atoms with Gasteiger partial charge in [-0.1, -0.05) is 38.1 Å². The monoisotopic (exact) mass is 431 g/mol. The van der Waals surface area contributed by atoms with Crippen LogP contribution in [0, 0.1) is 11.8 Å². The van der Waals surface area contributed by atoms with E-state index in [9.17, 15) is 4.79 Å². The first-order chi connectivity index (χ1) is 12.4. The van der Waals surface area contributed by atoms with E-state index in [1.165, 1.54) is 25.1 Å². The highest BCUT2D eigenvalue weighted by Gasteiger charge is 2.35. The maximum Gasteiger partial charge on any atom is 0.240 e. The fraction of sp³-hybridized carbons (Fsp3) is 0.667. The largest absolute Gasteiger partial charge is 0.381 e. The minimum Gasteiger partial charge on any atom is -0.381 e. The van der Waals surface area contributed by atoms with Gasteiger partial charge in [-0.2, -0.15) is 0 Å². The smallest absolute Gasteiger partial charge is 0.240 e. The highest BCUT2D eigenvalue weighted by molar-refractivity contribution is 5.86.